The molecule has 0 spiro atoms. The van der Waals surface area contributed by atoms with E-state index in [1.54, 1.807) is 0 Å². The molecule has 24 heavy (non-hydrogen) atoms. The molecule has 14 heteroatoms. The summed E-state index contributed by atoms with van der Waals surface area (Å²) >= 11 is 0. The first kappa shape index (κ1) is 17.0. The summed E-state index contributed by atoms with van der Waals surface area (Å²) in [5.74, 6) is 0. The fourth-order valence-corrected chi connectivity index (χ4v) is 2.72. The van der Waals surface area contributed by atoms with Gasteiger partial charge in [-0.1, -0.05) is 0 Å². The Kier molecular flexibility index (Phi) is 4.17. The van der Waals surface area contributed by atoms with Gasteiger partial charge in [0.05, 0.1) is 12.9 Å². The number of rotatable bonds is 4. The highest BCUT2D eigenvalue weighted by Gasteiger charge is 2.45. The van der Waals surface area contributed by atoms with E-state index in [1.807, 2.05) is 0 Å². The molecule has 2 unspecified atom stereocenters. The van der Waals surface area contributed by atoms with Crippen LogP contribution in [0.25, 0.3) is 11.2 Å². The van der Waals surface area contributed by atoms with E-state index >= 15 is 0 Å². The Morgan fingerprint density at radius 1 is 1.29 bits per heavy atom. The average molecular weight is 363 g/mol. The standard InChI is InChI=1S/C10H14N5O8P/c11-8-5-9(13-3-15(8)18)14(2-12-5)10-7(17)6(16)4(23-10)1-22-24(19,20)21/h2-4,6-7,10-11,16-18H,1H2,(H2,19,20,21)/t4-,6?,7?,10-/m0/s1. The molecule has 1 aliphatic rings. The lowest BCUT2D eigenvalue weighted by Gasteiger charge is -2.16. The monoisotopic (exact) mass is 363 g/mol. The first-order chi connectivity index (χ1) is 11.2. The van der Waals surface area contributed by atoms with Crippen molar-refractivity contribution in [3.63, 3.8) is 0 Å². The number of aromatic nitrogens is 4. The van der Waals surface area contributed by atoms with Gasteiger partial charge in [-0.3, -0.25) is 14.5 Å². The molecule has 13 nitrogen and oxygen atoms in total. The zero-order chi connectivity index (χ0) is 17.6. The van der Waals surface area contributed by atoms with Crippen molar-refractivity contribution in [2.45, 2.75) is 24.5 Å². The Balaban J connectivity index is 1.89. The van der Waals surface area contributed by atoms with Gasteiger partial charge in [0.1, 0.15) is 24.6 Å². The Morgan fingerprint density at radius 2 is 2.00 bits per heavy atom. The van der Waals surface area contributed by atoms with E-state index in [9.17, 15) is 20.0 Å². The number of hydrogen-bond donors (Lipinski definition) is 6. The van der Waals surface area contributed by atoms with Crippen molar-refractivity contribution in [2.75, 3.05) is 6.61 Å². The van der Waals surface area contributed by atoms with Crippen LogP contribution in [0.15, 0.2) is 12.7 Å². The van der Waals surface area contributed by atoms with Crippen LogP contribution in [0.1, 0.15) is 6.23 Å². The van der Waals surface area contributed by atoms with Crippen molar-refractivity contribution in [3.05, 3.63) is 18.1 Å². The van der Waals surface area contributed by atoms with Crippen LogP contribution >= 0.6 is 7.82 Å². The molecule has 0 bridgehead atoms. The van der Waals surface area contributed by atoms with Crippen LogP contribution in [0.4, 0.5) is 0 Å². The number of hydrogen-bond acceptors (Lipinski definition) is 9. The number of imidazole rings is 1. The number of aliphatic hydroxyl groups is 2. The molecule has 4 atom stereocenters. The van der Waals surface area contributed by atoms with Crippen LogP contribution in [0.5, 0.6) is 0 Å². The number of fused-ring (bicyclic) bond motifs is 1. The van der Waals surface area contributed by atoms with Crippen LogP contribution in [0.3, 0.4) is 0 Å². The average Bonchev–Trinajstić information content (AvgIpc) is 3.04. The molecular formula is C10H14N5O8P. The van der Waals surface area contributed by atoms with Crippen molar-refractivity contribution in [1.29, 1.82) is 5.41 Å². The van der Waals surface area contributed by atoms with E-state index in [1.165, 1.54) is 10.9 Å². The number of nitrogens with zero attached hydrogens (tertiary/aromatic N) is 4. The third kappa shape index (κ3) is 2.93. The van der Waals surface area contributed by atoms with Gasteiger partial charge >= 0.3 is 7.82 Å². The summed E-state index contributed by atoms with van der Waals surface area (Å²) in [7, 11) is -4.76. The van der Waals surface area contributed by atoms with Crippen LogP contribution in [0, 0.1) is 5.41 Å². The molecule has 6 N–H and O–H groups in total. The molecule has 3 heterocycles. The van der Waals surface area contributed by atoms with Gasteiger partial charge in [-0.25, -0.2) is 14.5 Å². The van der Waals surface area contributed by atoms with Gasteiger partial charge in [0, 0.05) is 0 Å². The lowest BCUT2D eigenvalue weighted by Crippen LogP contribution is -2.33. The Bertz CT molecular complexity index is 861. The second-order valence-corrected chi connectivity index (χ2v) is 6.33. The quantitative estimate of drug-likeness (QED) is 0.253. The third-order valence-corrected chi connectivity index (χ3v) is 4.01. The highest BCUT2D eigenvalue weighted by molar-refractivity contribution is 7.46. The fraction of sp³-hybridized carbons (Fsp3) is 0.500. The van der Waals surface area contributed by atoms with Crippen molar-refractivity contribution in [2.24, 2.45) is 0 Å². The minimum Gasteiger partial charge on any atom is -0.425 e. The van der Waals surface area contributed by atoms with E-state index < -0.39 is 39.0 Å². The Morgan fingerprint density at radius 3 is 2.67 bits per heavy atom. The van der Waals surface area contributed by atoms with Gasteiger partial charge in [0.15, 0.2) is 22.9 Å². The Labute approximate surface area is 133 Å². The summed E-state index contributed by atoms with van der Waals surface area (Å²) in [4.78, 5) is 25.2. The molecule has 0 aromatic carbocycles. The molecule has 1 aliphatic heterocycles. The molecule has 0 amide bonds. The van der Waals surface area contributed by atoms with E-state index in [0.717, 1.165) is 6.33 Å². The number of nitrogens with one attached hydrogen (secondary N) is 1. The van der Waals surface area contributed by atoms with Gasteiger partial charge < -0.3 is 29.9 Å². The predicted molar refractivity (Wildman–Crippen MR) is 72.5 cm³/mol. The van der Waals surface area contributed by atoms with Crippen LogP contribution in [-0.2, 0) is 13.8 Å². The maximum absolute atomic E-state index is 10.7. The highest BCUT2D eigenvalue weighted by Crippen LogP contribution is 2.38. The molecule has 1 saturated heterocycles. The lowest BCUT2D eigenvalue weighted by atomic mass is 10.1. The number of aliphatic hydroxyl groups excluding tert-OH is 2. The molecule has 132 valence electrons. The topological polar surface area (TPSA) is 196 Å². The predicted octanol–water partition coefficient (Wildman–Crippen LogP) is -2.32. The van der Waals surface area contributed by atoms with Crippen molar-refractivity contribution < 1.29 is 39.0 Å². The third-order valence-electron chi connectivity index (χ3n) is 3.53. The minimum absolute atomic E-state index is 0.0280. The number of phosphoric acid groups is 1. The molecule has 1 fully saturated rings. The first-order valence-electron chi connectivity index (χ1n) is 6.59. The highest BCUT2D eigenvalue weighted by atomic mass is 31.2. The van der Waals surface area contributed by atoms with Crippen LogP contribution < -0.4 is 5.49 Å². The van der Waals surface area contributed by atoms with E-state index in [-0.39, 0.29) is 16.7 Å². The smallest absolute Gasteiger partial charge is 0.425 e. The fourth-order valence-electron chi connectivity index (χ4n) is 2.38. The van der Waals surface area contributed by atoms with Crippen molar-refractivity contribution >= 4 is 19.0 Å². The summed E-state index contributed by atoms with van der Waals surface area (Å²) in [5, 5.41) is 37.1. The Hall–Kier alpha value is -1.86. The van der Waals surface area contributed by atoms with Gasteiger partial charge in [-0.2, -0.15) is 4.73 Å². The van der Waals surface area contributed by atoms with Gasteiger partial charge in [-0.05, 0) is 0 Å². The summed E-state index contributed by atoms with van der Waals surface area (Å²) < 4.78 is 22.1. The molecule has 2 aromatic rings. The second-order valence-electron chi connectivity index (χ2n) is 5.09. The van der Waals surface area contributed by atoms with E-state index in [0.29, 0.717) is 4.73 Å². The van der Waals surface area contributed by atoms with Gasteiger partial charge in [0.25, 0.3) is 0 Å². The molecule has 0 aliphatic carbocycles. The van der Waals surface area contributed by atoms with Crippen molar-refractivity contribution in [1.82, 2.24) is 19.3 Å². The maximum atomic E-state index is 10.7. The maximum Gasteiger partial charge on any atom is 0.469 e. The van der Waals surface area contributed by atoms with E-state index in [2.05, 4.69) is 14.5 Å². The van der Waals surface area contributed by atoms with E-state index in [4.69, 9.17) is 19.9 Å². The number of phosphoric ester groups is 1. The molecule has 0 saturated carbocycles. The van der Waals surface area contributed by atoms with Crippen molar-refractivity contribution in [3.8, 4) is 0 Å². The van der Waals surface area contributed by atoms with Crippen LogP contribution in [0.2, 0.25) is 0 Å². The zero-order valence-electron chi connectivity index (χ0n) is 11.9. The molecule has 3 rings (SSSR count). The minimum atomic E-state index is -4.76. The van der Waals surface area contributed by atoms with Gasteiger partial charge in [0.2, 0.25) is 0 Å². The summed E-state index contributed by atoms with van der Waals surface area (Å²) in [6.45, 7) is -0.639. The van der Waals surface area contributed by atoms with Gasteiger partial charge in [-0.15, -0.1) is 0 Å². The summed E-state index contributed by atoms with van der Waals surface area (Å²) in [5.41, 5.74) is -0.202. The zero-order valence-corrected chi connectivity index (χ0v) is 12.8. The largest absolute Gasteiger partial charge is 0.469 e. The normalized spacial score (nSPS) is 27.8. The first-order valence-corrected chi connectivity index (χ1v) is 8.12. The molecule has 0 radical (unpaired) electrons. The summed E-state index contributed by atoms with van der Waals surface area (Å²) in [6, 6.07) is 0. The molecular weight excluding hydrogens is 349 g/mol. The SMILES string of the molecule is N=c1c2ncn([C@H]3O[C@@H](COP(=O)(O)O)C(O)C3O)c2ncn1O. The second kappa shape index (κ2) is 5.89. The molecule has 2 aromatic heterocycles. The number of ether oxygens (including phenoxy) is 1. The van der Waals surface area contributed by atoms with Crippen LogP contribution in [-0.4, -0.2) is 69.4 Å². The summed E-state index contributed by atoms with van der Waals surface area (Å²) in [6.07, 6.45) is -3.14. The lowest BCUT2D eigenvalue weighted by molar-refractivity contribution is -0.0504.